The molecule has 0 fully saturated rings. The average molecular weight is 280 g/mol. The van der Waals surface area contributed by atoms with E-state index in [2.05, 4.69) is 30.3 Å². The number of thioether (sulfide) groups is 1. The maximum atomic E-state index is 11.0. The predicted molar refractivity (Wildman–Crippen MR) is 79.8 cm³/mol. The minimum absolute atomic E-state index is 0.252. The highest BCUT2D eigenvalue weighted by molar-refractivity contribution is 7.99. The second-order valence-corrected chi connectivity index (χ2v) is 7.69. The Bertz CT molecular complexity index is 628. The van der Waals surface area contributed by atoms with Crippen LogP contribution < -0.4 is 0 Å². The molecule has 2 aromatic rings. The second kappa shape index (κ2) is 5.76. The molecule has 0 aromatic heterocycles. The number of rotatable bonds is 5. The van der Waals surface area contributed by atoms with Crippen molar-refractivity contribution >= 4 is 32.4 Å². The molecule has 0 radical (unpaired) electrons. The van der Waals surface area contributed by atoms with Gasteiger partial charge in [0, 0.05) is 17.8 Å². The van der Waals surface area contributed by atoms with Crippen LogP contribution in [0.25, 0.3) is 10.8 Å². The molecule has 0 atom stereocenters. The van der Waals surface area contributed by atoms with E-state index in [1.54, 1.807) is 11.8 Å². The van der Waals surface area contributed by atoms with Crippen molar-refractivity contribution in [1.29, 1.82) is 0 Å². The lowest BCUT2D eigenvalue weighted by Crippen LogP contribution is -2.05. The summed E-state index contributed by atoms with van der Waals surface area (Å²) in [5.74, 6) is 1.77. The van der Waals surface area contributed by atoms with Crippen molar-refractivity contribution in [2.24, 2.45) is 0 Å². The first-order valence-electron chi connectivity index (χ1n) is 5.78. The van der Waals surface area contributed by atoms with Crippen LogP contribution >= 0.6 is 11.8 Å². The molecule has 0 amide bonds. The fourth-order valence-electron chi connectivity index (χ4n) is 1.81. The van der Waals surface area contributed by atoms with Gasteiger partial charge < -0.3 is 0 Å². The molecule has 0 aliphatic carbocycles. The lowest BCUT2D eigenvalue weighted by molar-refractivity contribution is 0.603. The van der Waals surface area contributed by atoms with Crippen LogP contribution in [0.3, 0.4) is 0 Å². The molecule has 2 nitrogen and oxygen atoms in total. The highest BCUT2D eigenvalue weighted by Crippen LogP contribution is 2.22. The lowest BCUT2D eigenvalue weighted by Gasteiger charge is -2.06. The Labute approximate surface area is 112 Å². The van der Waals surface area contributed by atoms with Crippen molar-refractivity contribution in [1.82, 2.24) is 0 Å². The van der Waals surface area contributed by atoms with Gasteiger partial charge >= 0.3 is 0 Å². The topological polar surface area (TPSA) is 34.1 Å². The third-order valence-electron chi connectivity index (χ3n) is 2.74. The number of sulfone groups is 1. The van der Waals surface area contributed by atoms with E-state index in [-0.39, 0.29) is 5.75 Å². The van der Waals surface area contributed by atoms with Crippen LogP contribution in [0, 0.1) is 0 Å². The van der Waals surface area contributed by atoms with Gasteiger partial charge in [-0.15, -0.1) is 0 Å². The Morgan fingerprint density at radius 2 is 1.78 bits per heavy atom. The summed E-state index contributed by atoms with van der Waals surface area (Å²) in [7, 11) is -2.84. The summed E-state index contributed by atoms with van der Waals surface area (Å²) in [6.07, 6.45) is 1.28. The smallest absolute Gasteiger partial charge is 0.148 e. The molecule has 0 bridgehead atoms. The molecule has 96 valence electrons. The van der Waals surface area contributed by atoms with Crippen molar-refractivity contribution in [3.05, 3.63) is 48.0 Å². The SMILES string of the molecule is CS(=O)(=O)CCSCc1cccc2ccccc12. The van der Waals surface area contributed by atoms with Gasteiger partial charge in [-0.25, -0.2) is 8.42 Å². The van der Waals surface area contributed by atoms with Gasteiger partial charge in [0.25, 0.3) is 0 Å². The Morgan fingerprint density at radius 3 is 2.56 bits per heavy atom. The lowest BCUT2D eigenvalue weighted by atomic mass is 10.1. The quantitative estimate of drug-likeness (QED) is 0.789. The van der Waals surface area contributed by atoms with E-state index in [1.165, 1.54) is 22.6 Å². The summed E-state index contributed by atoms with van der Waals surface area (Å²) in [5.41, 5.74) is 1.27. The molecule has 0 saturated heterocycles. The zero-order valence-electron chi connectivity index (χ0n) is 10.3. The molecular formula is C14H16O2S2. The van der Waals surface area contributed by atoms with Gasteiger partial charge in [0.2, 0.25) is 0 Å². The van der Waals surface area contributed by atoms with Crippen molar-refractivity contribution in [3.8, 4) is 0 Å². The first-order chi connectivity index (χ1) is 8.56. The summed E-state index contributed by atoms with van der Waals surface area (Å²) in [6.45, 7) is 0. The highest BCUT2D eigenvalue weighted by Gasteiger charge is 2.03. The fourth-order valence-corrected chi connectivity index (χ4v) is 4.11. The molecule has 0 spiro atoms. The van der Waals surface area contributed by atoms with Crippen LogP contribution in [-0.4, -0.2) is 26.2 Å². The molecule has 0 aliphatic heterocycles. The van der Waals surface area contributed by atoms with E-state index in [0.717, 1.165) is 5.75 Å². The monoisotopic (exact) mass is 280 g/mol. The minimum Gasteiger partial charge on any atom is -0.229 e. The van der Waals surface area contributed by atoms with Crippen molar-refractivity contribution < 1.29 is 8.42 Å². The van der Waals surface area contributed by atoms with Crippen molar-refractivity contribution in [3.63, 3.8) is 0 Å². The first kappa shape index (κ1) is 13.4. The first-order valence-corrected chi connectivity index (χ1v) is 9.00. The van der Waals surface area contributed by atoms with Crippen LogP contribution in [0.2, 0.25) is 0 Å². The molecule has 0 aliphatic rings. The molecule has 2 rings (SSSR count). The number of benzene rings is 2. The third kappa shape index (κ3) is 3.75. The molecule has 18 heavy (non-hydrogen) atoms. The molecule has 4 heteroatoms. The fraction of sp³-hybridized carbons (Fsp3) is 0.286. The van der Waals surface area contributed by atoms with Crippen molar-refractivity contribution in [2.75, 3.05) is 17.8 Å². The van der Waals surface area contributed by atoms with E-state index < -0.39 is 9.84 Å². The van der Waals surface area contributed by atoms with Crippen LogP contribution in [-0.2, 0) is 15.6 Å². The zero-order chi connectivity index (χ0) is 13.0. The average Bonchev–Trinajstić information content (AvgIpc) is 2.33. The maximum absolute atomic E-state index is 11.0. The Hall–Kier alpha value is -1.00. The van der Waals surface area contributed by atoms with Gasteiger partial charge in [-0.2, -0.15) is 11.8 Å². The normalized spacial score (nSPS) is 11.8. The highest BCUT2D eigenvalue weighted by atomic mass is 32.2. The van der Waals surface area contributed by atoms with Crippen molar-refractivity contribution in [2.45, 2.75) is 5.75 Å². The maximum Gasteiger partial charge on any atom is 0.148 e. The molecule has 2 aromatic carbocycles. The summed E-state index contributed by atoms with van der Waals surface area (Å²) in [5, 5.41) is 2.49. The number of hydrogen-bond acceptors (Lipinski definition) is 3. The Balaban J connectivity index is 2.04. The van der Waals surface area contributed by atoms with E-state index in [1.807, 2.05) is 12.1 Å². The molecule has 0 unspecified atom stereocenters. The molecule has 0 heterocycles. The van der Waals surface area contributed by atoms with Crippen LogP contribution in [0.15, 0.2) is 42.5 Å². The Morgan fingerprint density at radius 1 is 1.06 bits per heavy atom. The van der Waals surface area contributed by atoms with Gasteiger partial charge in [0.15, 0.2) is 0 Å². The summed E-state index contributed by atoms with van der Waals surface area (Å²) < 4.78 is 22.1. The largest absolute Gasteiger partial charge is 0.229 e. The van der Waals surface area contributed by atoms with E-state index in [9.17, 15) is 8.42 Å². The third-order valence-corrected chi connectivity index (χ3v) is 4.95. The minimum atomic E-state index is -2.84. The molecular weight excluding hydrogens is 264 g/mol. The predicted octanol–water partition coefficient (Wildman–Crippen LogP) is 3.12. The van der Waals surface area contributed by atoms with E-state index >= 15 is 0 Å². The molecule has 0 N–H and O–H groups in total. The van der Waals surface area contributed by atoms with Gasteiger partial charge in [-0.05, 0) is 16.3 Å². The zero-order valence-corrected chi connectivity index (χ0v) is 11.9. The van der Waals surface area contributed by atoms with Crippen LogP contribution in [0.1, 0.15) is 5.56 Å². The standard InChI is InChI=1S/C14H16O2S2/c1-18(15,16)10-9-17-11-13-7-4-6-12-5-2-3-8-14(12)13/h2-8H,9-11H2,1H3. The number of fused-ring (bicyclic) bond motifs is 1. The van der Waals surface area contributed by atoms with Crippen LogP contribution in [0.4, 0.5) is 0 Å². The van der Waals surface area contributed by atoms with E-state index in [4.69, 9.17) is 0 Å². The van der Waals surface area contributed by atoms with Gasteiger partial charge in [-0.3, -0.25) is 0 Å². The molecule has 0 saturated carbocycles. The van der Waals surface area contributed by atoms with Gasteiger partial charge in [-0.1, -0.05) is 42.5 Å². The van der Waals surface area contributed by atoms with Gasteiger partial charge in [0.05, 0.1) is 5.75 Å². The summed E-state index contributed by atoms with van der Waals surface area (Å²) >= 11 is 1.67. The number of hydrogen-bond donors (Lipinski definition) is 0. The summed E-state index contributed by atoms with van der Waals surface area (Å²) in [4.78, 5) is 0. The van der Waals surface area contributed by atoms with E-state index in [0.29, 0.717) is 5.75 Å². The summed E-state index contributed by atoms with van der Waals surface area (Å²) in [6, 6.07) is 14.5. The van der Waals surface area contributed by atoms with Crippen LogP contribution in [0.5, 0.6) is 0 Å². The Kier molecular flexibility index (Phi) is 4.30. The second-order valence-electron chi connectivity index (χ2n) is 4.32. The van der Waals surface area contributed by atoms with Gasteiger partial charge in [0.1, 0.15) is 9.84 Å².